The molecule has 0 spiro atoms. The van der Waals surface area contributed by atoms with E-state index in [4.69, 9.17) is 0 Å². The van der Waals surface area contributed by atoms with Crippen molar-refractivity contribution in [2.45, 2.75) is 31.6 Å². The van der Waals surface area contributed by atoms with Crippen LogP contribution in [0.3, 0.4) is 0 Å². The predicted molar refractivity (Wildman–Crippen MR) is 90.1 cm³/mol. The number of halogens is 4. The zero-order valence-electron chi connectivity index (χ0n) is 14.6. The summed E-state index contributed by atoms with van der Waals surface area (Å²) in [7, 11) is -3.19. The molecule has 0 saturated carbocycles. The predicted octanol–water partition coefficient (Wildman–Crippen LogP) is 1.50. The van der Waals surface area contributed by atoms with Crippen LogP contribution in [0, 0.1) is 11.7 Å². The van der Waals surface area contributed by atoms with E-state index in [1.165, 1.54) is 4.90 Å². The second-order valence-electron chi connectivity index (χ2n) is 7.02. The van der Waals surface area contributed by atoms with Gasteiger partial charge in [0, 0.05) is 25.6 Å². The maximum Gasteiger partial charge on any atom is 0.416 e. The third kappa shape index (κ3) is 4.45. The molecule has 0 unspecified atom stereocenters. The van der Waals surface area contributed by atoms with Crippen LogP contribution in [0.5, 0.6) is 0 Å². The smallest absolute Gasteiger partial charge is 0.352 e. The molecular weight excluding hydrogens is 404 g/mol. The van der Waals surface area contributed by atoms with Crippen LogP contribution in [0.1, 0.15) is 24.0 Å². The lowest BCUT2D eigenvalue weighted by Crippen LogP contribution is -2.39. The second-order valence-corrected chi connectivity index (χ2v) is 9.25. The first kappa shape index (κ1) is 20.6. The van der Waals surface area contributed by atoms with Gasteiger partial charge in [-0.3, -0.25) is 9.59 Å². The summed E-state index contributed by atoms with van der Waals surface area (Å²) in [6.07, 6.45) is -4.58. The van der Waals surface area contributed by atoms with E-state index in [0.717, 1.165) is 12.1 Å². The Balaban J connectivity index is 1.63. The molecule has 2 amide bonds. The molecule has 154 valence electrons. The van der Waals surface area contributed by atoms with E-state index in [9.17, 15) is 35.6 Å². The summed E-state index contributed by atoms with van der Waals surface area (Å²) in [6.45, 7) is -0.434. The first-order valence-electron chi connectivity index (χ1n) is 8.59. The van der Waals surface area contributed by atoms with Crippen LogP contribution < -0.4 is 5.32 Å². The normalized spacial score (nSPS) is 24.6. The van der Waals surface area contributed by atoms with E-state index in [2.05, 4.69) is 5.32 Å². The number of hydrogen-bond acceptors (Lipinski definition) is 4. The molecule has 3 rings (SSSR count). The molecule has 2 aliphatic heterocycles. The van der Waals surface area contributed by atoms with E-state index < -0.39 is 51.8 Å². The lowest BCUT2D eigenvalue weighted by atomic mass is 10.1. The molecule has 11 heteroatoms. The average Bonchev–Trinajstić information content (AvgIpc) is 3.14. The highest BCUT2D eigenvalue weighted by Gasteiger charge is 2.42. The average molecular weight is 422 g/mol. The fourth-order valence-corrected chi connectivity index (χ4v) is 5.31. The molecule has 0 aliphatic carbocycles. The van der Waals surface area contributed by atoms with Gasteiger partial charge in [0.25, 0.3) is 0 Å². The number of amides is 2. The van der Waals surface area contributed by atoms with E-state index in [1.807, 2.05) is 0 Å². The molecule has 2 aliphatic rings. The van der Waals surface area contributed by atoms with Gasteiger partial charge < -0.3 is 10.2 Å². The van der Waals surface area contributed by atoms with Crippen LogP contribution >= 0.6 is 0 Å². The van der Waals surface area contributed by atoms with Crippen LogP contribution in [-0.4, -0.2) is 49.2 Å². The molecule has 1 aromatic rings. The van der Waals surface area contributed by atoms with Crippen LogP contribution in [0.2, 0.25) is 0 Å². The highest BCUT2D eigenvalue weighted by atomic mass is 32.2. The number of carbonyl (C=O) groups excluding carboxylic acids is 2. The van der Waals surface area contributed by atoms with Gasteiger partial charge in [0.1, 0.15) is 5.82 Å². The maximum absolute atomic E-state index is 13.1. The summed E-state index contributed by atoms with van der Waals surface area (Å²) < 4.78 is 75.3. The topological polar surface area (TPSA) is 83.6 Å². The summed E-state index contributed by atoms with van der Waals surface area (Å²) in [5, 5.41) is 2.36. The molecular formula is C17H18F4N2O4S. The zero-order chi connectivity index (χ0) is 20.7. The van der Waals surface area contributed by atoms with Crippen molar-refractivity contribution in [1.29, 1.82) is 0 Å². The number of rotatable bonds is 4. The SMILES string of the molecule is O=C(NCc1ccc(F)cc1C(F)(F)F)[C@@H]1CC(=O)N([C@@H]2CCS(=O)(=O)C2)C1. The quantitative estimate of drug-likeness (QED) is 0.746. The largest absolute Gasteiger partial charge is 0.416 e. The molecule has 1 aromatic carbocycles. The van der Waals surface area contributed by atoms with Gasteiger partial charge in [-0.2, -0.15) is 13.2 Å². The van der Waals surface area contributed by atoms with Crippen molar-refractivity contribution < 1.29 is 35.6 Å². The Labute approximate surface area is 158 Å². The molecule has 0 bridgehead atoms. The summed E-state index contributed by atoms with van der Waals surface area (Å²) in [4.78, 5) is 25.8. The van der Waals surface area contributed by atoms with Gasteiger partial charge in [-0.25, -0.2) is 12.8 Å². The first-order valence-corrected chi connectivity index (χ1v) is 10.4. The first-order chi connectivity index (χ1) is 13.0. The van der Waals surface area contributed by atoms with Gasteiger partial charge in [0.15, 0.2) is 9.84 Å². The number of benzene rings is 1. The van der Waals surface area contributed by atoms with Crippen molar-refractivity contribution in [3.05, 3.63) is 35.1 Å². The van der Waals surface area contributed by atoms with Gasteiger partial charge in [0.2, 0.25) is 11.8 Å². The van der Waals surface area contributed by atoms with Crippen molar-refractivity contribution in [2.75, 3.05) is 18.1 Å². The number of carbonyl (C=O) groups is 2. The fraction of sp³-hybridized carbons (Fsp3) is 0.529. The highest BCUT2D eigenvalue weighted by Crippen LogP contribution is 2.32. The van der Waals surface area contributed by atoms with E-state index >= 15 is 0 Å². The molecule has 0 radical (unpaired) electrons. The fourth-order valence-electron chi connectivity index (χ4n) is 3.57. The second kappa shape index (κ2) is 7.34. The Morgan fingerprint density at radius 1 is 1.29 bits per heavy atom. The van der Waals surface area contributed by atoms with Crippen LogP contribution in [0.15, 0.2) is 18.2 Å². The lowest BCUT2D eigenvalue weighted by molar-refractivity contribution is -0.138. The Bertz CT molecular complexity index is 901. The number of likely N-dealkylation sites (tertiary alicyclic amines) is 1. The summed E-state index contributed by atoms with van der Waals surface area (Å²) in [6, 6.07) is 1.72. The molecule has 28 heavy (non-hydrogen) atoms. The van der Waals surface area contributed by atoms with E-state index in [-0.39, 0.29) is 35.9 Å². The lowest BCUT2D eigenvalue weighted by Gasteiger charge is -2.23. The van der Waals surface area contributed by atoms with Gasteiger partial charge in [0.05, 0.1) is 23.0 Å². The zero-order valence-corrected chi connectivity index (χ0v) is 15.4. The van der Waals surface area contributed by atoms with Crippen molar-refractivity contribution >= 4 is 21.7 Å². The molecule has 0 aromatic heterocycles. The molecule has 2 atom stereocenters. The Morgan fingerprint density at radius 3 is 2.61 bits per heavy atom. The number of nitrogens with one attached hydrogen (secondary N) is 1. The van der Waals surface area contributed by atoms with Crippen molar-refractivity contribution in [1.82, 2.24) is 10.2 Å². The van der Waals surface area contributed by atoms with Gasteiger partial charge in [-0.1, -0.05) is 6.07 Å². The van der Waals surface area contributed by atoms with E-state index in [1.54, 1.807) is 0 Å². The monoisotopic (exact) mass is 422 g/mol. The minimum absolute atomic E-state index is 0.0108. The number of alkyl halides is 3. The van der Waals surface area contributed by atoms with Crippen LogP contribution in [-0.2, 0) is 32.1 Å². The van der Waals surface area contributed by atoms with Gasteiger partial charge >= 0.3 is 6.18 Å². The standard InChI is InChI=1S/C17H18F4N2O4S/c18-12-2-1-10(14(6-12)17(19,20)21)7-22-16(25)11-5-15(24)23(8-11)13-3-4-28(26,27)9-13/h1-2,6,11,13H,3-5,7-9H2,(H,22,25)/t11-,13-/m1/s1. The Kier molecular flexibility index (Phi) is 5.39. The molecule has 6 nitrogen and oxygen atoms in total. The molecule has 1 N–H and O–H groups in total. The highest BCUT2D eigenvalue weighted by molar-refractivity contribution is 7.91. The molecule has 2 heterocycles. The Morgan fingerprint density at radius 2 is 2.00 bits per heavy atom. The maximum atomic E-state index is 13.1. The summed E-state index contributed by atoms with van der Waals surface area (Å²) in [5.41, 5.74) is -1.46. The number of nitrogens with zero attached hydrogens (tertiary/aromatic N) is 1. The van der Waals surface area contributed by atoms with Crippen molar-refractivity contribution in [2.24, 2.45) is 5.92 Å². The Hall–Kier alpha value is -2.17. The minimum Gasteiger partial charge on any atom is -0.352 e. The molecule has 2 fully saturated rings. The summed E-state index contributed by atoms with van der Waals surface area (Å²) in [5.74, 6) is -2.91. The molecule has 2 saturated heterocycles. The van der Waals surface area contributed by atoms with Crippen molar-refractivity contribution in [3.63, 3.8) is 0 Å². The number of sulfone groups is 1. The third-order valence-corrected chi connectivity index (χ3v) is 6.76. The third-order valence-electron chi connectivity index (χ3n) is 5.01. The van der Waals surface area contributed by atoms with Crippen LogP contribution in [0.25, 0.3) is 0 Å². The minimum atomic E-state index is -4.77. The van der Waals surface area contributed by atoms with Gasteiger partial charge in [-0.05, 0) is 24.1 Å². The van der Waals surface area contributed by atoms with Gasteiger partial charge in [-0.15, -0.1) is 0 Å². The summed E-state index contributed by atoms with van der Waals surface area (Å²) >= 11 is 0. The number of hydrogen-bond donors (Lipinski definition) is 1. The van der Waals surface area contributed by atoms with Crippen LogP contribution in [0.4, 0.5) is 17.6 Å². The van der Waals surface area contributed by atoms with E-state index in [0.29, 0.717) is 12.5 Å². The van der Waals surface area contributed by atoms with Crippen molar-refractivity contribution in [3.8, 4) is 0 Å².